The molecule has 2 aliphatic rings. The quantitative estimate of drug-likeness (QED) is 0.727. The predicted molar refractivity (Wildman–Crippen MR) is 64.5 cm³/mol. The Morgan fingerprint density at radius 3 is 2.31 bits per heavy atom. The standard InChI is InChI=1S/C11H22N2O2S/c1-2-11(7-12)16(14,15)13(10-5-6-10)8-9-3-4-9/h9-11H,2-8,12H2,1H3. The maximum Gasteiger partial charge on any atom is 0.218 e. The molecule has 2 saturated carbocycles. The molecule has 0 bridgehead atoms. The SMILES string of the molecule is CCC(CN)S(=O)(=O)N(CC1CC1)C1CC1. The highest BCUT2D eigenvalue weighted by atomic mass is 32.2. The van der Waals surface area contributed by atoms with Gasteiger partial charge in [0.25, 0.3) is 0 Å². The van der Waals surface area contributed by atoms with E-state index in [1.165, 1.54) is 12.8 Å². The Kier molecular flexibility index (Phi) is 3.56. The molecule has 0 aromatic carbocycles. The topological polar surface area (TPSA) is 63.4 Å². The normalized spacial score (nSPS) is 23.7. The first-order valence-corrected chi connectivity index (χ1v) is 7.80. The summed E-state index contributed by atoms with van der Waals surface area (Å²) in [5.74, 6) is 0.616. The summed E-state index contributed by atoms with van der Waals surface area (Å²) >= 11 is 0. The molecular weight excluding hydrogens is 224 g/mol. The lowest BCUT2D eigenvalue weighted by Gasteiger charge is -2.26. The molecule has 0 heterocycles. The average molecular weight is 246 g/mol. The van der Waals surface area contributed by atoms with Crippen LogP contribution in [-0.4, -0.2) is 37.1 Å². The first-order valence-electron chi connectivity index (χ1n) is 6.30. The molecule has 2 fully saturated rings. The number of nitrogens with two attached hydrogens (primary N) is 1. The Morgan fingerprint density at radius 1 is 1.31 bits per heavy atom. The third-order valence-electron chi connectivity index (χ3n) is 3.56. The second-order valence-electron chi connectivity index (χ2n) is 5.06. The number of nitrogens with zero attached hydrogens (tertiary/aromatic N) is 1. The van der Waals surface area contributed by atoms with Crippen LogP contribution in [0.1, 0.15) is 39.0 Å². The summed E-state index contributed by atoms with van der Waals surface area (Å²) in [4.78, 5) is 0. The van der Waals surface area contributed by atoms with Crippen LogP contribution in [-0.2, 0) is 10.0 Å². The third kappa shape index (κ3) is 2.57. The van der Waals surface area contributed by atoms with Gasteiger partial charge in [-0.3, -0.25) is 0 Å². The molecule has 16 heavy (non-hydrogen) atoms. The van der Waals surface area contributed by atoms with Gasteiger partial charge in [-0.25, -0.2) is 8.42 Å². The lowest BCUT2D eigenvalue weighted by atomic mass is 10.3. The molecule has 2 rings (SSSR count). The second kappa shape index (κ2) is 4.63. The van der Waals surface area contributed by atoms with Gasteiger partial charge in [0.15, 0.2) is 0 Å². The molecule has 4 nitrogen and oxygen atoms in total. The smallest absolute Gasteiger partial charge is 0.218 e. The summed E-state index contributed by atoms with van der Waals surface area (Å²) < 4.78 is 26.5. The fourth-order valence-corrected chi connectivity index (χ4v) is 4.16. The maximum absolute atomic E-state index is 12.4. The first kappa shape index (κ1) is 12.3. The van der Waals surface area contributed by atoms with Crippen molar-refractivity contribution in [3.05, 3.63) is 0 Å². The van der Waals surface area contributed by atoms with Crippen LogP contribution in [0.5, 0.6) is 0 Å². The molecule has 94 valence electrons. The molecule has 0 aliphatic heterocycles. The fraction of sp³-hybridized carbons (Fsp3) is 1.00. The highest BCUT2D eigenvalue weighted by molar-refractivity contribution is 7.89. The van der Waals surface area contributed by atoms with Crippen molar-refractivity contribution in [3.8, 4) is 0 Å². The van der Waals surface area contributed by atoms with E-state index in [9.17, 15) is 8.42 Å². The lowest BCUT2D eigenvalue weighted by Crippen LogP contribution is -2.44. The molecule has 0 aromatic heterocycles. The molecule has 0 aromatic rings. The first-order chi connectivity index (χ1) is 7.59. The Labute approximate surface area is 98.2 Å². The average Bonchev–Trinajstić information content (AvgIpc) is 3.09. The second-order valence-corrected chi connectivity index (χ2v) is 7.22. The minimum atomic E-state index is -3.15. The number of sulfonamides is 1. The highest BCUT2D eigenvalue weighted by Crippen LogP contribution is 2.37. The Hall–Kier alpha value is -0.130. The van der Waals surface area contributed by atoms with Crippen molar-refractivity contribution >= 4 is 10.0 Å². The van der Waals surface area contributed by atoms with Crippen LogP contribution in [0, 0.1) is 5.92 Å². The van der Waals surface area contributed by atoms with E-state index < -0.39 is 10.0 Å². The predicted octanol–water partition coefficient (Wildman–Crippen LogP) is 0.928. The van der Waals surface area contributed by atoms with E-state index in [1.54, 1.807) is 4.31 Å². The van der Waals surface area contributed by atoms with Crippen LogP contribution >= 0.6 is 0 Å². The molecule has 2 aliphatic carbocycles. The summed E-state index contributed by atoms with van der Waals surface area (Å²) in [5, 5.41) is -0.383. The van der Waals surface area contributed by atoms with Crippen molar-refractivity contribution in [2.75, 3.05) is 13.1 Å². The van der Waals surface area contributed by atoms with E-state index in [2.05, 4.69) is 0 Å². The number of hydrogen-bond donors (Lipinski definition) is 1. The number of hydrogen-bond acceptors (Lipinski definition) is 3. The molecule has 0 amide bonds. The highest BCUT2D eigenvalue weighted by Gasteiger charge is 2.42. The van der Waals surface area contributed by atoms with Gasteiger partial charge in [-0.15, -0.1) is 0 Å². The molecular formula is C11H22N2O2S. The van der Waals surface area contributed by atoms with E-state index in [0.717, 1.165) is 19.4 Å². The molecule has 0 saturated heterocycles. The summed E-state index contributed by atoms with van der Waals surface area (Å²) in [5.41, 5.74) is 5.57. The van der Waals surface area contributed by atoms with Crippen molar-refractivity contribution in [3.63, 3.8) is 0 Å². The molecule has 0 spiro atoms. The Bertz CT molecular complexity index is 330. The van der Waals surface area contributed by atoms with Crippen molar-refractivity contribution in [2.45, 2.75) is 50.3 Å². The van der Waals surface area contributed by atoms with E-state index in [1.807, 2.05) is 6.92 Å². The van der Waals surface area contributed by atoms with Gasteiger partial charge in [-0.05, 0) is 38.0 Å². The van der Waals surface area contributed by atoms with Gasteiger partial charge >= 0.3 is 0 Å². The van der Waals surface area contributed by atoms with Crippen LogP contribution in [0.2, 0.25) is 0 Å². The fourth-order valence-electron chi connectivity index (χ4n) is 2.07. The van der Waals surface area contributed by atoms with Gasteiger partial charge in [0, 0.05) is 19.1 Å². The van der Waals surface area contributed by atoms with Gasteiger partial charge < -0.3 is 5.73 Å². The Morgan fingerprint density at radius 2 is 1.94 bits per heavy atom. The van der Waals surface area contributed by atoms with Crippen molar-refractivity contribution < 1.29 is 8.42 Å². The van der Waals surface area contributed by atoms with Crippen LogP contribution in [0.3, 0.4) is 0 Å². The monoisotopic (exact) mass is 246 g/mol. The Balaban J connectivity index is 2.09. The van der Waals surface area contributed by atoms with Crippen molar-refractivity contribution in [1.82, 2.24) is 4.31 Å². The van der Waals surface area contributed by atoms with Gasteiger partial charge in [0.05, 0.1) is 5.25 Å². The third-order valence-corrected chi connectivity index (χ3v) is 6.02. The molecule has 1 atom stereocenters. The molecule has 2 N–H and O–H groups in total. The van der Waals surface area contributed by atoms with E-state index in [4.69, 9.17) is 5.73 Å². The minimum absolute atomic E-state index is 0.243. The zero-order chi connectivity index (χ0) is 11.8. The van der Waals surface area contributed by atoms with Crippen LogP contribution in [0.15, 0.2) is 0 Å². The van der Waals surface area contributed by atoms with E-state index >= 15 is 0 Å². The summed E-state index contributed by atoms with van der Waals surface area (Å²) in [7, 11) is -3.15. The zero-order valence-corrected chi connectivity index (χ0v) is 10.7. The minimum Gasteiger partial charge on any atom is -0.329 e. The maximum atomic E-state index is 12.4. The van der Waals surface area contributed by atoms with Gasteiger partial charge in [-0.1, -0.05) is 6.92 Å². The summed E-state index contributed by atoms with van der Waals surface area (Å²) in [6.45, 7) is 2.88. The van der Waals surface area contributed by atoms with E-state index in [0.29, 0.717) is 12.3 Å². The van der Waals surface area contributed by atoms with Gasteiger partial charge in [0.1, 0.15) is 0 Å². The van der Waals surface area contributed by atoms with Crippen molar-refractivity contribution in [1.29, 1.82) is 0 Å². The molecule has 1 unspecified atom stereocenters. The van der Waals surface area contributed by atoms with Crippen LogP contribution in [0.4, 0.5) is 0 Å². The van der Waals surface area contributed by atoms with Gasteiger partial charge in [0.2, 0.25) is 10.0 Å². The van der Waals surface area contributed by atoms with Crippen molar-refractivity contribution in [2.24, 2.45) is 11.7 Å². The summed E-state index contributed by atoms with van der Waals surface area (Å²) in [6.07, 6.45) is 5.07. The largest absolute Gasteiger partial charge is 0.329 e. The lowest BCUT2D eigenvalue weighted by molar-refractivity contribution is 0.381. The van der Waals surface area contributed by atoms with Crippen LogP contribution < -0.4 is 5.73 Å². The molecule has 0 radical (unpaired) electrons. The van der Waals surface area contributed by atoms with Gasteiger partial charge in [-0.2, -0.15) is 4.31 Å². The summed E-state index contributed by atoms with van der Waals surface area (Å²) in [6, 6.07) is 0.284. The molecule has 5 heteroatoms. The van der Waals surface area contributed by atoms with E-state index in [-0.39, 0.29) is 17.8 Å². The zero-order valence-electron chi connectivity index (χ0n) is 9.93. The number of rotatable bonds is 7. The van der Waals surface area contributed by atoms with Crippen LogP contribution in [0.25, 0.3) is 0 Å².